The topological polar surface area (TPSA) is 79.1 Å². The zero-order chi connectivity index (χ0) is 20.8. The number of hydrogen-bond acceptors (Lipinski definition) is 6. The van der Waals surface area contributed by atoms with E-state index in [0.29, 0.717) is 21.8 Å². The number of methoxy groups -OCH3 is 3. The number of nitrogens with zero attached hydrogens (tertiary/aromatic N) is 2. The van der Waals surface area contributed by atoms with Crippen LogP contribution in [0.3, 0.4) is 0 Å². The monoisotopic (exact) mass is 412 g/mol. The molecule has 0 saturated carbocycles. The number of ether oxygens (including phenoxy) is 3. The van der Waals surface area contributed by atoms with Crippen molar-refractivity contribution in [2.24, 2.45) is 4.99 Å². The van der Waals surface area contributed by atoms with Crippen LogP contribution >= 0.6 is 11.3 Å². The van der Waals surface area contributed by atoms with E-state index in [-0.39, 0.29) is 6.54 Å². The molecule has 0 fully saturated rings. The molecule has 7 nitrogen and oxygen atoms in total. The van der Waals surface area contributed by atoms with Gasteiger partial charge in [0.05, 0.1) is 31.5 Å². The van der Waals surface area contributed by atoms with Gasteiger partial charge in [-0.15, -0.1) is 0 Å². The predicted molar refractivity (Wildman–Crippen MR) is 111 cm³/mol. The summed E-state index contributed by atoms with van der Waals surface area (Å²) in [4.78, 5) is 28.9. The molecule has 0 aliphatic heterocycles. The van der Waals surface area contributed by atoms with E-state index in [1.54, 1.807) is 29.9 Å². The van der Waals surface area contributed by atoms with Crippen LogP contribution in [0.2, 0.25) is 0 Å². The van der Waals surface area contributed by atoms with Gasteiger partial charge in [0.15, 0.2) is 16.3 Å². The molecule has 1 amide bonds. The van der Waals surface area contributed by atoms with Gasteiger partial charge in [0.25, 0.3) is 5.91 Å². The smallest absolute Gasteiger partial charge is 0.325 e. The molecule has 0 unspecified atom stereocenters. The molecule has 0 aliphatic carbocycles. The summed E-state index contributed by atoms with van der Waals surface area (Å²) in [7, 11) is 4.39. The molecule has 0 spiro atoms. The first-order valence-corrected chi connectivity index (χ1v) is 9.51. The molecule has 1 heterocycles. The molecule has 0 aliphatic rings. The Morgan fingerprint density at radius 2 is 1.76 bits per heavy atom. The largest absolute Gasteiger partial charge is 0.493 e. The number of esters is 1. The number of carbonyl (C=O) groups is 2. The average molecular weight is 412 g/mol. The number of aromatic nitrogens is 1. The van der Waals surface area contributed by atoms with Gasteiger partial charge >= 0.3 is 5.97 Å². The SMILES string of the molecule is COC(=O)Cn1c(=NC(=O)/C=C/c2ccccc2)sc2cc(OC)c(OC)cc21. The van der Waals surface area contributed by atoms with Gasteiger partial charge < -0.3 is 18.8 Å². The number of amides is 1. The van der Waals surface area contributed by atoms with Crippen LogP contribution in [0.15, 0.2) is 53.5 Å². The fraction of sp³-hybridized carbons (Fsp3) is 0.190. The summed E-state index contributed by atoms with van der Waals surface area (Å²) in [6, 6.07) is 13.0. The maximum Gasteiger partial charge on any atom is 0.325 e. The van der Waals surface area contributed by atoms with E-state index in [0.717, 1.165) is 10.3 Å². The van der Waals surface area contributed by atoms with Crippen molar-refractivity contribution in [1.29, 1.82) is 0 Å². The second-order valence-corrected chi connectivity index (χ2v) is 6.92. The maximum atomic E-state index is 12.4. The lowest BCUT2D eigenvalue weighted by Gasteiger charge is -2.08. The van der Waals surface area contributed by atoms with E-state index in [4.69, 9.17) is 14.2 Å². The predicted octanol–water partition coefficient (Wildman–Crippen LogP) is 3.03. The normalized spacial score (nSPS) is 11.8. The highest BCUT2D eigenvalue weighted by Crippen LogP contribution is 2.33. The molecule has 8 heteroatoms. The fourth-order valence-corrected chi connectivity index (χ4v) is 3.74. The van der Waals surface area contributed by atoms with Crippen molar-refractivity contribution >= 4 is 39.5 Å². The quantitative estimate of drug-likeness (QED) is 0.459. The minimum Gasteiger partial charge on any atom is -0.493 e. The molecule has 0 saturated heterocycles. The summed E-state index contributed by atoms with van der Waals surface area (Å²) in [5.74, 6) is 0.178. The number of benzene rings is 2. The Labute approximate surface area is 171 Å². The molecule has 150 valence electrons. The Kier molecular flexibility index (Phi) is 6.46. The van der Waals surface area contributed by atoms with Crippen LogP contribution in [-0.2, 0) is 20.9 Å². The van der Waals surface area contributed by atoms with E-state index >= 15 is 0 Å². The first kappa shape index (κ1) is 20.3. The Morgan fingerprint density at radius 3 is 2.41 bits per heavy atom. The van der Waals surface area contributed by atoms with E-state index in [2.05, 4.69) is 4.99 Å². The first-order chi connectivity index (χ1) is 14.0. The van der Waals surface area contributed by atoms with Crippen LogP contribution in [-0.4, -0.2) is 37.8 Å². The molecule has 2 aromatic carbocycles. The minimum atomic E-state index is -0.451. The van der Waals surface area contributed by atoms with E-state index in [1.807, 2.05) is 30.3 Å². The molecular weight excluding hydrogens is 392 g/mol. The molecule has 1 aromatic heterocycles. The van der Waals surface area contributed by atoms with Crippen LogP contribution < -0.4 is 14.3 Å². The number of carbonyl (C=O) groups excluding carboxylic acids is 2. The number of hydrogen-bond donors (Lipinski definition) is 0. The summed E-state index contributed by atoms with van der Waals surface area (Å²) < 4.78 is 17.9. The lowest BCUT2D eigenvalue weighted by Crippen LogP contribution is -2.22. The van der Waals surface area contributed by atoms with Gasteiger partial charge in [-0.2, -0.15) is 4.99 Å². The molecule has 0 N–H and O–H groups in total. The van der Waals surface area contributed by atoms with Crippen molar-refractivity contribution in [2.45, 2.75) is 6.54 Å². The summed E-state index contributed by atoms with van der Waals surface area (Å²) in [6.45, 7) is -0.0828. The van der Waals surface area contributed by atoms with Gasteiger partial charge in [-0.05, 0) is 11.6 Å². The summed E-state index contributed by atoms with van der Waals surface area (Å²) in [5, 5.41) is 0. The van der Waals surface area contributed by atoms with Crippen molar-refractivity contribution in [3.05, 3.63) is 58.9 Å². The highest BCUT2D eigenvalue weighted by atomic mass is 32.1. The van der Waals surface area contributed by atoms with Crippen LogP contribution in [0, 0.1) is 0 Å². The first-order valence-electron chi connectivity index (χ1n) is 8.69. The van der Waals surface area contributed by atoms with Gasteiger partial charge in [-0.25, -0.2) is 0 Å². The zero-order valence-electron chi connectivity index (χ0n) is 16.2. The number of thiazole rings is 1. The molecule has 3 rings (SSSR count). The van der Waals surface area contributed by atoms with Crippen molar-refractivity contribution in [2.75, 3.05) is 21.3 Å². The van der Waals surface area contributed by atoms with Gasteiger partial charge in [0, 0.05) is 18.2 Å². The van der Waals surface area contributed by atoms with E-state index < -0.39 is 11.9 Å². The fourth-order valence-electron chi connectivity index (χ4n) is 2.69. The van der Waals surface area contributed by atoms with Gasteiger partial charge in [-0.1, -0.05) is 41.7 Å². The van der Waals surface area contributed by atoms with Crippen molar-refractivity contribution in [3.63, 3.8) is 0 Å². The van der Waals surface area contributed by atoms with Crippen LogP contribution in [0.1, 0.15) is 5.56 Å². The zero-order valence-corrected chi connectivity index (χ0v) is 17.1. The second-order valence-electron chi connectivity index (χ2n) is 5.92. The Morgan fingerprint density at radius 1 is 1.07 bits per heavy atom. The lowest BCUT2D eigenvalue weighted by molar-refractivity contribution is -0.141. The third-order valence-corrected chi connectivity index (χ3v) is 5.17. The standard InChI is InChI=1S/C21H20N2O5S/c1-26-16-11-15-18(12-17(16)27-2)29-21(23(15)13-20(25)28-3)22-19(24)10-9-14-7-5-4-6-8-14/h4-12H,13H2,1-3H3/b10-9+,22-21?. The average Bonchev–Trinajstić information content (AvgIpc) is 3.07. The highest BCUT2D eigenvalue weighted by molar-refractivity contribution is 7.16. The van der Waals surface area contributed by atoms with E-state index in [1.165, 1.54) is 31.6 Å². The van der Waals surface area contributed by atoms with Gasteiger partial charge in [-0.3, -0.25) is 9.59 Å². The Balaban J connectivity index is 2.08. The molecule has 0 radical (unpaired) electrons. The summed E-state index contributed by atoms with van der Waals surface area (Å²) >= 11 is 1.27. The summed E-state index contributed by atoms with van der Waals surface area (Å²) in [6.07, 6.45) is 3.08. The highest BCUT2D eigenvalue weighted by Gasteiger charge is 2.15. The maximum absolute atomic E-state index is 12.4. The van der Waals surface area contributed by atoms with Crippen molar-refractivity contribution in [3.8, 4) is 11.5 Å². The minimum absolute atomic E-state index is 0.0828. The molecule has 0 atom stereocenters. The number of rotatable bonds is 6. The van der Waals surface area contributed by atoms with Gasteiger partial charge in [0.1, 0.15) is 6.54 Å². The molecule has 3 aromatic rings. The van der Waals surface area contributed by atoms with Crippen LogP contribution in [0.5, 0.6) is 11.5 Å². The Bertz CT molecular complexity index is 1130. The molecular formula is C21H20N2O5S. The number of fused-ring (bicyclic) bond motifs is 1. The molecule has 0 bridgehead atoms. The third-order valence-electron chi connectivity index (χ3n) is 4.13. The van der Waals surface area contributed by atoms with Crippen molar-refractivity contribution < 1.29 is 23.8 Å². The third kappa shape index (κ3) is 4.72. The Hall–Kier alpha value is -3.39. The van der Waals surface area contributed by atoms with Crippen LogP contribution in [0.25, 0.3) is 16.3 Å². The van der Waals surface area contributed by atoms with E-state index in [9.17, 15) is 9.59 Å². The van der Waals surface area contributed by atoms with Crippen molar-refractivity contribution in [1.82, 2.24) is 4.57 Å². The lowest BCUT2D eigenvalue weighted by atomic mass is 10.2. The molecule has 29 heavy (non-hydrogen) atoms. The summed E-state index contributed by atoms with van der Waals surface area (Å²) in [5.41, 5.74) is 1.58. The second kappa shape index (κ2) is 9.20. The van der Waals surface area contributed by atoms with Gasteiger partial charge in [0.2, 0.25) is 0 Å². The van der Waals surface area contributed by atoms with Crippen LogP contribution in [0.4, 0.5) is 0 Å².